The van der Waals surface area contributed by atoms with Crippen LogP contribution >= 0.6 is 0 Å². The molecule has 0 aliphatic heterocycles. The third kappa shape index (κ3) is 4.05. The fourth-order valence-corrected chi connectivity index (χ4v) is 2.23. The number of hydrogen-bond donors (Lipinski definition) is 1. The van der Waals surface area contributed by atoms with E-state index in [1.807, 2.05) is 13.8 Å². The number of ketones is 1. The fourth-order valence-electron chi connectivity index (χ4n) is 2.23. The van der Waals surface area contributed by atoms with Crippen LogP contribution in [-0.4, -0.2) is 22.8 Å². The van der Waals surface area contributed by atoms with Crippen LogP contribution in [0.5, 0.6) is 0 Å². The number of alkyl halides is 3. The molecule has 0 saturated heterocycles. The average molecular weight is 332 g/mol. The first kappa shape index (κ1) is 18.6. The molecule has 6 nitrogen and oxygen atoms in total. The summed E-state index contributed by atoms with van der Waals surface area (Å²) >= 11 is 0. The summed E-state index contributed by atoms with van der Waals surface area (Å²) in [6.45, 7) is 4.00. The Hall–Kier alpha value is -2.45. The Kier molecular flexibility index (Phi) is 5.83. The van der Waals surface area contributed by atoms with E-state index >= 15 is 0 Å². The van der Waals surface area contributed by atoms with Gasteiger partial charge in [0.1, 0.15) is 0 Å². The number of carbonyl (C=O) groups excluding carboxylic acids is 2. The molecule has 23 heavy (non-hydrogen) atoms. The summed E-state index contributed by atoms with van der Waals surface area (Å²) < 4.78 is 36.8. The van der Waals surface area contributed by atoms with Crippen LogP contribution in [0.4, 0.5) is 24.5 Å². The first-order valence-electron chi connectivity index (χ1n) is 6.93. The van der Waals surface area contributed by atoms with Crippen LogP contribution < -0.4 is 5.32 Å². The zero-order valence-corrected chi connectivity index (χ0v) is 12.5. The van der Waals surface area contributed by atoms with Gasteiger partial charge in [-0.1, -0.05) is 13.8 Å². The lowest BCUT2D eigenvalue weighted by atomic mass is 9.88. The maximum absolute atomic E-state index is 12.3. The number of hydrogen-bond acceptors (Lipinski definition) is 4. The highest BCUT2D eigenvalue weighted by Gasteiger charge is 2.40. The first-order chi connectivity index (χ1) is 10.7. The Balaban J connectivity index is 0.00000127. The maximum atomic E-state index is 12.3. The van der Waals surface area contributed by atoms with Crippen molar-refractivity contribution >= 4 is 23.1 Å². The summed E-state index contributed by atoms with van der Waals surface area (Å²) in [6.07, 6.45) is -4.45. The first-order valence-corrected chi connectivity index (χ1v) is 6.93. The number of anilines is 1. The number of nitro benzene ring substituents is 1. The van der Waals surface area contributed by atoms with Gasteiger partial charge in [-0.05, 0) is 18.9 Å². The topological polar surface area (TPSA) is 89.3 Å². The van der Waals surface area contributed by atoms with Crippen molar-refractivity contribution in [3.8, 4) is 0 Å². The molecular weight excluding hydrogens is 317 g/mol. The number of nitrogens with one attached hydrogen (secondary N) is 1. The molecule has 9 heteroatoms. The third-order valence-corrected chi connectivity index (χ3v) is 3.10. The van der Waals surface area contributed by atoms with Crippen LogP contribution in [0.2, 0.25) is 0 Å². The number of nitrogens with zero attached hydrogens (tertiary/aromatic N) is 1. The van der Waals surface area contributed by atoms with E-state index in [0.29, 0.717) is 6.42 Å². The molecule has 1 aliphatic rings. The van der Waals surface area contributed by atoms with Crippen LogP contribution in [-0.2, 0) is 11.2 Å². The summed E-state index contributed by atoms with van der Waals surface area (Å²) in [5.74, 6) is -2.74. The second-order valence-corrected chi connectivity index (χ2v) is 4.47. The molecule has 0 atom stereocenters. The number of fused-ring (bicyclic) bond motifs is 1. The zero-order valence-electron chi connectivity index (χ0n) is 12.5. The largest absolute Gasteiger partial charge is 0.471 e. The standard InChI is InChI=1S/C12H9F3N2O4.C2H6/c13-12(14,15)11(19)16-7-4-5-8(17(20)21)6-2-1-3-9(18)10(6)7;1-2/h4-5H,1-3H2,(H,16,19);1-2H3. The number of carbonyl (C=O) groups is 2. The summed E-state index contributed by atoms with van der Waals surface area (Å²) in [5.41, 5.74) is -0.810. The molecule has 0 aromatic heterocycles. The summed E-state index contributed by atoms with van der Waals surface area (Å²) in [5, 5.41) is 12.5. The van der Waals surface area contributed by atoms with Crippen LogP contribution in [0.3, 0.4) is 0 Å². The molecule has 1 amide bonds. The summed E-state index contributed by atoms with van der Waals surface area (Å²) in [6, 6.07) is 1.94. The number of halogens is 3. The minimum Gasteiger partial charge on any atom is -0.318 e. The normalized spacial score (nSPS) is 13.5. The van der Waals surface area contributed by atoms with Crippen molar-refractivity contribution in [1.82, 2.24) is 0 Å². The van der Waals surface area contributed by atoms with Crippen LogP contribution in [0, 0.1) is 10.1 Å². The van der Waals surface area contributed by atoms with Gasteiger partial charge in [0, 0.05) is 18.1 Å². The highest BCUT2D eigenvalue weighted by atomic mass is 19.4. The lowest BCUT2D eigenvalue weighted by Crippen LogP contribution is -2.31. The Morgan fingerprint density at radius 3 is 2.39 bits per heavy atom. The lowest BCUT2D eigenvalue weighted by Gasteiger charge is -2.19. The van der Waals surface area contributed by atoms with Gasteiger partial charge < -0.3 is 5.32 Å². The van der Waals surface area contributed by atoms with E-state index in [0.717, 1.165) is 12.1 Å². The van der Waals surface area contributed by atoms with Gasteiger partial charge in [-0.25, -0.2) is 0 Å². The summed E-state index contributed by atoms with van der Waals surface area (Å²) in [7, 11) is 0. The van der Waals surface area contributed by atoms with Crippen molar-refractivity contribution in [2.45, 2.75) is 39.3 Å². The molecule has 0 saturated carbocycles. The molecule has 1 N–H and O–H groups in total. The molecule has 0 bridgehead atoms. The van der Waals surface area contributed by atoms with Gasteiger partial charge in [-0.2, -0.15) is 13.2 Å². The number of benzene rings is 1. The number of rotatable bonds is 2. The quantitative estimate of drug-likeness (QED) is 0.661. The van der Waals surface area contributed by atoms with Crippen molar-refractivity contribution in [3.05, 3.63) is 33.4 Å². The Bertz CT molecular complexity index is 642. The second kappa shape index (κ2) is 7.21. The van der Waals surface area contributed by atoms with Crippen LogP contribution in [0.15, 0.2) is 12.1 Å². The number of nitro groups is 1. The lowest BCUT2D eigenvalue weighted by molar-refractivity contribution is -0.385. The van der Waals surface area contributed by atoms with Crippen molar-refractivity contribution in [2.75, 3.05) is 5.32 Å². The van der Waals surface area contributed by atoms with Gasteiger partial charge in [0.2, 0.25) is 0 Å². The molecule has 1 aliphatic carbocycles. The monoisotopic (exact) mass is 332 g/mol. The highest BCUT2D eigenvalue weighted by Crippen LogP contribution is 2.35. The van der Waals surface area contributed by atoms with Crippen LogP contribution in [0.25, 0.3) is 0 Å². The second-order valence-electron chi connectivity index (χ2n) is 4.47. The molecule has 0 radical (unpaired) electrons. The molecule has 0 spiro atoms. The summed E-state index contributed by atoms with van der Waals surface area (Å²) in [4.78, 5) is 33.0. The number of Topliss-reactive ketones (excluding diaryl/α,β-unsaturated/α-hetero) is 1. The Morgan fingerprint density at radius 1 is 1.26 bits per heavy atom. The minimum absolute atomic E-state index is 0.0659. The zero-order chi connectivity index (χ0) is 17.8. The fraction of sp³-hybridized carbons (Fsp3) is 0.429. The smallest absolute Gasteiger partial charge is 0.318 e. The van der Waals surface area contributed by atoms with E-state index in [4.69, 9.17) is 0 Å². The van der Waals surface area contributed by atoms with E-state index in [-0.39, 0.29) is 35.3 Å². The van der Waals surface area contributed by atoms with Gasteiger partial charge in [-0.3, -0.25) is 19.7 Å². The van der Waals surface area contributed by atoms with E-state index in [1.54, 1.807) is 5.32 Å². The molecule has 126 valence electrons. The molecule has 1 aromatic rings. The van der Waals surface area contributed by atoms with Gasteiger partial charge in [0.05, 0.1) is 16.2 Å². The van der Waals surface area contributed by atoms with Gasteiger partial charge in [0.25, 0.3) is 5.69 Å². The van der Waals surface area contributed by atoms with E-state index in [2.05, 4.69) is 0 Å². The Morgan fingerprint density at radius 2 is 1.87 bits per heavy atom. The number of amides is 1. The molecule has 0 heterocycles. The SMILES string of the molecule is CC.O=C1CCCc2c([N+](=O)[O-])ccc(NC(=O)C(F)(F)F)c21. The third-order valence-electron chi connectivity index (χ3n) is 3.10. The van der Waals surface area contributed by atoms with Crippen molar-refractivity contribution in [1.29, 1.82) is 0 Å². The van der Waals surface area contributed by atoms with E-state index in [9.17, 15) is 32.9 Å². The average Bonchev–Trinajstić information content (AvgIpc) is 2.48. The van der Waals surface area contributed by atoms with Crippen molar-refractivity contribution < 1.29 is 27.7 Å². The van der Waals surface area contributed by atoms with E-state index < -0.39 is 22.8 Å². The predicted molar refractivity (Wildman–Crippen MR) is 76.4 cm³/mol. The molecule has 1 aromatic carbocycles. The predicted octanol–water partition coefficient (Wildman–Crippen LogP) is 3.64. The highest BCUT2D eigenvalue weighted by molar-refractivity contribution is 6.08. The van der Waals surface area contributed by atoms with Gasteiger partial charge in [0.15, 0.2) is 5.78 Å². The van der Waals surface area contributed by atoms with Crippen molar-refractivity contribution in [3.63, 3.8) is 0 Å². The minimum atomic E-state index is -5.10. The molecular formula is C14H15F3N2O4. The molecule has 0 unspecified atom stereocenters. The molecule has 2 rings (SSSR count). The van der Waals surface area contributed by atoms with Gasteiger partial charge in [-0.15, -0.1) is 0 Å². The maximum Gasteiger partial charge on any atom is 0.471 e. The Labute approximate surface area is 129 Å². The van der Waals surface area contributed by atoms with Gasteiger partial charge >= 0.3 is 12.1 Å². The van der Waals surface area contributed by atoms with Crippen molar-refractivity contribution in [2.24, 2.45) is 0 Å². The van der Waals surface area contributed by atoms with E-state index in [1.165, 1.54) is 0 Å². The van der Waals surface area contributed by atoms with Crippen LogP contribution in [0.1, 0.15) is 42.6 Å². The molecule has 0 fully saturated rings.